The summed E-state index contributed by atoms with van der Waals surface area (Å²) < 4.78 is 56.4. The Hall–Kier alpha value is -6.55. The van der Waals surface area contributed by atoms with Crippen LogP contribution in [0.4, 0.5) is 22.7 Å². The smallest absolute Gasteiger partial charge is 0.457 e. The van der Waals surface area contributed by atoms with E-state index in [4.69, 9.17) is 16.6 Å². The van der Waals surface area contributed by atoms with Crippen LogP contribution >= 0.6 is 0 Å². The fourth-order valence-electron chi connectivity index (χ4n) is 7.82. The lowest BCUT2D eigenvalue weighted by molar-refractivity contribution is 0.483. The summed E-state index contributed by atoms with van der Waals surface area (Å²) in [5.74, 6) is 2.11. The molecule has 0 unspecified atom stereocenters. The van der Waals surface area contributed by atoms with Crippen LogP contribution in [-0.2, 0) is 16.2 Å². The highest BCUT2D eigenvalue weighted by Crippen LogP contribution is 2.45. The Balaban J connectivity index is 1.21. The Labute approximate surface area is 355 Å². The Morgan fingerprint density at radius 1 is 0.576 bits per heavy atom. The molecular formula is C54H52N4O+2. The minimum Gasteiger partial charge on any atom is -0.457 e. The first-order valence-corrected chi connectivity index (χ1v) is 20.2. The molecule has 0 saturated carbocycles. The third-order valence-corrected chi connectivity index (χ3v) is 11.2. The van der Waals surface area contributed by atoms with Crippen molar-refractivity contribution >= 4 is 50.6 Å². The van der Waals surface area contributed by atoms with Gasteiger partial charge in [-0.2, -0.15) is 0 Å². The van der Waals surface area contributed by atoms with E-state index in [-0.39, 0.29) is 46.0 Å². The van der Waals surface area contributed by atoms with E-state index >= 15 is 0 Å². The first-order chi connectivity index (χ1) is 30.2. The highest BCUT2D eigenvalue weighted by Gasteiger charge is 2.40. The van der Waals surface area contributed by atoms with Crippen molar-refractivity contribution < 1.29 is 11.6 Å². The number of rotatable bonds is 6. The van der Waals surface area contributed by atoms with Gasteiger partial charge in [-0.3, -0.25) is 4.57 Å². The van der Waals surface area contributed by atoms with Gasteiger partial charge in [0.2, 0.25) is 11.4 Å². The van der Waals surface area contributed by atoms with Crippen LogP contribution in [0, 0.1) is 0 Å². The number of fused-ring (bicyclic) bond motifs is 4. The summed E-state index contributed by atoms with van der Waals surface area (Å²) >= 11 is 0. The normalized spacial score (nSPS) is 14.3. The molecule has 0 aliphatic carbocycles. The van der Waals surface area contributed by atoms with Crippen molar-refractivity contribution in [3.05, 3.63) is 168 Å². The van der Waals surface area contributed by atoms with Crippen molar-refractivity contribution in [3.8, 4) is 28.4 Å². The predicted molar refractivity (Wildman–Crippen MR) is 247 cm³/mol. The van der Waals surface area contributed by atoms with E-state index in [1.165, 1.54) is 5.56 Å². The van der Waals surface area contributed by atoms with Crippen LogP contribution in [0.1, 0.15) is 85.9 Å². The highest BCUT2D eigenvalue weighted by molar-refractivity contribution is 6.09. The second kappa shape index (κ2) is 14.1. The van der Waals surface area contributed by atoms with Gasteiger partial charge >= 0.3 is 11.7 Å². The van der Waals surface area contributed by atoms with E-state index in [0.717, 1.165) is 55.8 Å². The van der Waals surface area contributed by atoms with Crippen LogP contribution < -0.4 is 13.9 Å². The average molecular weight is 778 g/mol. The highest BCUT2D eigenvalue weighted by atomic mass is 16.5. The molecule has 0 saturated heterocycles. The maximum absolute atomic E-state index is 9.02. The number of benzene rings is 6. The summed E-state index contributed by atoms with van der Waals surface area (Å²) in [7, 11) is 0. The summed E-state index contributed by atoms with van der Waals surface area (Å²) in [5, 5.41) is 2.22. The zero-order valence-electron chi connectivity index (χ0n) is 40.2. The van der Waals surface area contributed by atoms with Gasteiger partial charge in [-0.15, -0.1) is 0 Å². The molecule has 0 amide bonds. The number of nitrogens with zero attached hydrogens (tertiary/aromatic N) is 4. The molecule has 3 heterocycles. The molecule has 1 aliphatic heterocycles. The fourth-order valence-corrected chi connectivity index (χ4v) is 7.82. The number of pyridine rings is 1. The van der Waals surface area contributed by atoms with Gasteiger partial charge in [0.15, 0.2) is 0 Å². The Morgan fingerprint density at radius 2 is 1.25 bits per heavy atom. The molecule has 0 bridgehead atoms. The van der Waals surface area contributed by atoms with Crippen LogP contribution in [0.2, 0.25) is 0 Å². The fraction of sp³-hybridized carbons (Fsp3) is 0.222. The minimum absolute atomic E-state index is 0.0508. The molecule has 0 atom stereocenters. The van der Waals surface area contributed by atoms with Crippen molar-refractivity contribution in [2.75, 3.05) is 0 Å². The van der Waals surface area contributed by atoms with Gasteiger partial charge in [0.05, 0.1) is 29.5 Å². The number of ether oxygens (including phenoxy) is 1. The quantitative estimate of drug-likeness (QED) is 0.158. The molecule has 5 heteroatoms. The predicted octanol–water partition coefficient (Wildman–Crippen LogP) is 14.4. The molecule has 0 fully saturated rings. The zero-order valence-corrected chi connectivity index (χ0v) is 35.2. The molecule has 6 aromatic carbocycles. The molecule has 0 radical (unpaired) electrons. The van der Waals surface area contributed by atoms with Gasteiger partial charge in [-0.25, -0.2) is 4.98 Å². The third kappa shape index (κ3) is 7.06. The molecule has 0 N–H and O–H groups in total. The molecule has 2 aromatic heterocycles. The van der Waals surface area contributed by atoms with E-state index in [1.54, 1.807) is 0 Å². The maximum Gasteiger partial charge on any atom is 0.503 e. The van der Waals surface area contributed by atoms with E-state index in [9.17, 15) is 0 Å². The van der Waals surface area contributed by atoms with Crippen molar-refractivity contribution in [2.24, 2.45) is 0 Å². The summed E-state index contributed by atoms with van der Waals surface area (Å²) in [5.41, 5.74) is 8.73. The first kappa shape index (κ1) is 32.4. The van der Waals surface area contributed by atoms with Gasteiger partial charge in [0.1, 0.15) is 17.3 Å². The first-order valence-electron chi connectivity index (χ1n) is 22.7. The number of aromatic nitrogens is 2. The second-order valence-corrected chi connectivity index (χ2v) is 18.5. The molecule has 59 heavy (non-hydrogen) atoms. The van der Waals surface area contributed by atoms with Gasteiger partial charge < -0.3 is 4.74 Å². The molecule has 1 aliphatic rings. The molecule has 8 aromatic rings. The van der Waals surface area contributed by atoms with Crippen molar-refractivity contribution in [1.29, 1.82) is 0 Å². The number of hydrogen-bond acceptors (Lipinski definition) is 2. The lowest BCUT2D eigenvalue weighted by Crippen LogP contribution is -2.17. The monoisotopic (exact) mass is 777 g/mol. The Bertz CT molecular complexity index is 3240. The van der Waals surface area contributed by atoms with E-state index < -0.39 is 6.04 Å². The summed E-state index contributed by atoms with van der Waals surface area (Å²) in [6.45, 7) is 19.8. The van der Waals surface area contributed by atoms with Crippen LogP contribution in [0.25, 0.3) is 38.8 Å². The molecule has 292 valence electrons. The summed E-state index contributed by atoms with van der Waals surface area (Å²) in [4.78, 5) is 4.85. The van der Waals surface area contributed by atoms with Crippen LogP contribution in [0.3, 0.4) is 0 Å². The summed E-state index contributed by atoms with van der Waals surface area (Å²) in [6.07, 6.45) is 1.88. The molecule has 5 nitrogen and oxygen atoms in total. The maximum atomic E-state index is 9.02. The average Bonchev–Trinajstić information content (AvgIpc) is 3.81. The Kier molecular flexibility index (Phi) is 7.73. The lowest BCUT2D eigenvalue weighted by Gasteiger charge is -2.24. The molecule has 0 spiro atoms. The topological polar surface area (TPSA) is 33.1 Å². The van der Waals surface area contributed by atoms with Crippen LogP contribution in [0.15, 0.2) is 152 Å². The van der Waals surface area contributed by atoms with Crippen molar-refractivity contribution in [3.63, 3.8) is 0 Å². The number of hydrogen-bond donors (Lipinski definition) is 0. The van der Waals surface area contributed by atoms with E-state index in [0.29, 0.717) is 22.7 Å². The molecule has 9 rings (SSSR count). The van der Waals surface area contributed by atoms with Gasteiger partial charge in [0, 0.05) is 47.3 Å². The van der Waals surface area contributed by atoms with E-state index in [1.807, 2.05) is 63.9 Å². The van der Waals surface area contributed by atoms with Gasteiger partial charge in [-0.1, -0.05) is 129 Å². The lowest BCUT2D eigenvalue weighted by atomic mass is 9.80. The van der Waals surface area contributed by atoms with Gasteiger partial charge in [-0.05, 0) is 90.1 Å². The summed E-state index contributed by atoms with van der Waals surface area (Å²) in [6, 6.07) is 40.8. The van der Waals surface area contributed by atoms with Crippen LogP contribution in [0.5, 0.6) is 11.5 Å². The van der Waals surface area contributed by atoms with Crippen LogP contribution in [-0.4, -0.2) is 15.6 Å². The van der Waals surface area contributed by atoms with Gasteiger partial charge in [0.25, 0.3) is 5.69 Å². The van der Waals surface area contributed by atoms with Crippen molar-refractivity contribution in [2.45, 2.75) is 78.6 Å². The molecular weight excluding hydrogens is 721 g/mol. The standard InChI is InChI=1S/C54H52N4O/c1-52(2,3)37-27-28-55-50(32-37)58-47-23-14-13-21-45(47)46-26-25-43(34-49(46)58)59-42-20-15-19-40(33-42)56-35-57(41-30-38(53(4,5)6)29-39(31-41)54(7,8)9)51-44(22-16-24-48(51)56)36-17-11-10-12-18-36/h10-34H,1-9H3/q+2/i10D,11D,12D,17D,18D. The minimum atomic E-state index is -0.431. The Morgan fingerprint density at radius 3 is 1.98 bits per heavy atom. The van der Waals surface area contributed by atoms with E-state index in [2.05, 4.69) is 140 Å². The second-order valence-electron chi connectivity index (χ2n) is 18.5. The number of para-hydroxylation sites is 2. The van der Waals surface area contributed by atoms with Crippen molar-refractivity contribution in [1.82, 2.24) is 18.7 Å². The zero-order chi connectivity index (χ0) is 45.6. The largest absolute Gasteiger partial charge is 0.503 e. The SMILES string of the molecule is [2H]c1c([2H])c([2H])c(-c2cccc3c2[N+](c2cc(C(C)(C)C)cc(C(C)(C)C)c2)=C=[N+]3c2cccc(Oc3ccc4c5ccccc5n(-c5cc(C(C)(C)C)ccn5)c4c3)c2)c([2H])c1[2H]. The third-order valence-electron chi connectivity index (χ3n) is 11.2.